The highest BCUT2D eigenvalue weighted by Gasteiger charge is 2.29. The monoisotopic (exact) mass is 423 g/mol. The first kappa shape index (κ1) is 18.5. The van der Waals surface area contributed by atoms with E-state index in [1.165, 1.54) is 24.2 Å². The normalized spacial score (nSPS) is 13.9. The quantitative estimate of drug-likeness (QED) is 0.400. The van der Waals surface area contributed by atoms with Gasteiger partial charge in [-0.25, -0.2) is 9.97 Å². The molecule has 0 radical (unpaired) electrons. The van der Waals surface area contributed by atoms with Crippen molar-refractivity contribution in [2.75, 3.05) is 0 Å². The summed E-state index contributed by atoms with van der Waals surface area (Å²) < 4.78 is 5.52. The molecule has 0 N–H and O–H groups in total. The molecule has 1 amide bonds. The van der Waals surface area contributed by atoms with Crippen LogP contribution in [0.25, 0.3) is 10.2 Å². The number of nitrogens with zero attached hydrogens (tertiary/aromatic N) is 3. The number of hydrogen-bond acceptors (Lipinski definition) is 6. The summed E-state index contributed by atoms with van der Waals surface area (Å²) in [4.78, 5) is 27.8. The van der Waals surface area contributed by atoms with Gasteiger partial charge in [0.15, 0.2) is 0 Å². The Kier molecular flexibility index (Phi) is 4.72. The first-order chi connectivity index (χ1) is 14.1. The van der Waals surface area contributed by atoms with Crippen molar-refractivity contribution in [1.82, 2.24) is 14.9 Å². The van der Waals surface area contributed by atoms with Crippen molar-refractivity contribution in [3.63, 3.8) is 0 Å². The highest BCUT2D eigenvalue weighted by molar-refractivity contribution is 7.20. The van der Waals surface area contributed by atoms with Crippen LogP contribution in [-0.2, 0) is 13.1 Å². The second-order valence-corrected chi connectivity index (χ2v) is 9.53. The molecule has 7 heteroatoms. The summed E-state index contributed by atoms with van der Waals surface area (Å²) in [7, 11) is 0. The molecule has 5 nitrogen and oxygen atoms in total. The Morgan fingerprint density at radius 2 is 2.07 bits per heavy atom. The van der Waals surface area contributed by atoms with Crippen molar-refractivity contribution in [2.45, 2.75) is 45.7 Å². The summed E-state index contributed by atoms with van der Waals surface area (Å²) in [6, 6.07) is 7.83. The van der Waals surface area contributed by atoms with Crippen molar-refractivity contribution < 1.29 is 9.21 Å². The van der Waals surface area contributed by atoms with Crippen LogP contribution >= 0.6 is 22.7 Å². The van der Waals surface area contributed by atoms with Gasteiger partial charge in [-0.3, -0.25) is 4.79 Å². The van der Waals surface area contributed by atoms with Crippen LogP contribution < -0.4 is 0 Å². The van der Waals surface area contributed by atoms with E-state index in [2.05, 4.69) is 6.07 Å². The zero-order valence-corrected chi connectivity index (χ0v) is 18.0. The van der Waals surface area contributed by atoms with E-state index in [4.69, 9.17) is 14.4 Å². The van der Waals surface area contributed by atoms with Gasteiger partial charge in [-0.05, 0) is 55.8 Å². The molecule has 4 heterocycles. The third kappa shape index (κ3) is 3.60. The molecule has 0 spiro atoms. The third-order valence-electron chi connectivity index (χ3n) is 5.27. The Hall–Kier alpha value is -2.51. The minimum absolute atomic E-state index is 0.0164. The molecule has 4 aromatic heterocycles. The number of aryl methyl sites for hydroxylation is 2. The van der Waals surface area contributed by atoms with Gasteiger partial charge in [0.1, 0.15) is 16.4 Å². The number of furan rings is 1. The van der Waals surface area contributed by atoms with Crippen LogP contribution in [-0.4, -0.2) is 20.8 Å². The number of thiophene rings is 2. The Bertz CT molecular complexity index is 1120. The lowest BCUT2D eigenvalue weighted by Crippen LogP contribution is -2.29. The average molecular weight is 424 g/mol. The minimum atomic E-state index is 0.0164. The third-order valence-corrected chi connectivity index (χ3v) is 7.30. The maximum absolute atomic E-state index is 13.6. The first-order valence-electron chi connectivity index (χ1n) is 9.72. The van der Waals surface area contributed by atoms with Crippen molar-refractivity contribution in [2.24, 2.45) is 0 Å². The second-order valence-electron chi connectivity index (χ2n) is 7.50. The number of rotatable bonds is 6. The molecule has 0 saturated heterocycles. The number of carbonyl (C=O) groups excluding carboxylic acids is 1. The fourth-order valence-electron chi connectivity index (χ4n) is 3.61. The number of aromatic nitrogens is 2. The molecule has 0 aromatic carbocycles. The predicted molar refractivity (Wildman–Crippen MR) is 115 cm³/mol. The molecule has 1 saturated carbocycles. The van der Waals surface area contributed by atoms with Gasteiger partial charge in [-0.1, -0.05) is 6.07 Å². The molecule has 1 aliphatic rings. The summed E-state index contributed by atoms with van der Waals surface area (Å²) in [5, 5.41) is 3.06. The van der Waals surface area contributed by atoms with Crippen LogP contribution in [0.15, 0.2) is 40.3 Å². The van der Waals surface area contributed by atoms with E-state index in [-0.39, 0.29) is 5.91 Å². The van der Waals surface area contributed by atoms with Gasteiger partial charge in [0, 0.05) is 16.2 Å². The van der Waals surface area contributed by atoms with Crippen LogP contribution in [0.5, 0.6) is 0 Å². The van der Waals surface area contributed by atoms with E-state index in [0.29, 0.717) is 19.0 Å². The highest BCUT2D eigenvalue weighted by atomic mass is 32.1. The molecule has 0 unspecified atom stereocenters. The summed E-state index contributed by atoms with van der Waals surface area (Å²) in [5.41, 5.74) is 1.95. The molecule has 5 rings (SSSR count). The zero-order valence-electron chi connectivity index (χ0n) is 16.3. The maximum Gasteiger partial charge on any atom is 0.265 e. The van der Waals surface area contributed by atoms with Gasteiger partial charge < -0.3 is 9.32 Å². The minimum Gasteiger partial charge on any atom is -0.467 e. The lowest BCUT2D eigenvalue weighted by atomic mass is 10.1. The average Bonchev–Trinajstić information content (AvgIpc) is 3.06. The van der Waals surface area contributed by atoms with E-state index in [9.17, 15) is 4.79 Å². The van der Waals surface area contributed by atoms with Crippen LogP contribution in [0.1, 0.15) is 56.2 Å². The van der Waals surface area contributed by atoms with Crippen molar-refractivity contribution in [3.8, 4) is 0 Å². The van der Waals surface area contributed by atoms with Crippen LogP contribution in [0.2, 0.25) is 0 Å². The fraction of sp³-hybridized carbons (Fsp3) is 0.318. The van der Waals surface area contributed by atoms with Crippen LogP contribution in [0, 0.1) is 13.8 Å². The lowest BCUT2D eigenvalue weighted by Gasteiger charge is -2.21. The standard InChI is InChI=1S/C22H21N3O2S2/c1-13-18-14(2)23-20(15-7-8-15)24-21(18)29-19(13)22(26)25(11-16-5-3-9-27-16)12-17-6-4-10-28-17/h3-6,9-10,15H,7-8,11-12H2,1-2H3. The molecule has 4 aromatic rings. The molecule has 148 valence electrons. The van der Waals surface area contributed by atoms with E-state index in [0.717, 1.165) is 42.8 Å². The Labute approximate surface area is 177 Å². The van der Waals surface area contributed by atoms with Crippen LogP contribution in [0.4, 0.5) is 0 Å². The van der Waals surface area contributed by atoms with Gasteiger partial charge in [0.05, 0.1) is 29.9 Å². The van der Waals surface area contributed by atoms with Gasteiger partial charge in [0.25, 0.3) is 5.91 Å². The molecular formula is C22H21N3O2S2. The van der Waals surface area contributed by atoms with Gasteiger partial charge in [0.2, 0.25) is 0 Å². The highest BCUT2D eigenvalue weighted by Crippen LogP contribution is 2.40. The number of fused-ring (bicyclic) bond motifs is 1. The molecular weight excluding hydrogens is 402 g/mol. The molecule has 0 aliphatic heterocycles. The van der Waals surface area contributed by atoms with Gasteiger partial charge in [-0.15, -0.1) is 22.7 Å². The van der Waals surface area contributed by atoms with E-state index in [1.807, 2.05) is 42.3 Å². The molecule has 29 heavy (non-hydrogen) atoms. The molecule has 1 aliphatic carbocycles. The molecule has 0 atom stereocenters. The SMILES string of the molecule is Cc1nc(C2CC2)nc2sc(C(=O)N(Cc3ccco3)Cc3cccs3)c(C)c12. The Morgan fingerprint density at radius 1 is 1.21 bits per heavy atom. The summed E-state index contributed by atoms with van der Waals surface area (Å²) in [6.07, 6.45) is 3.98. The number of carbonyl (C=O) groups is 1. The van der Waals surface area contributed by atoms with E-state index in [1.54, 1.807) is 17.6 Å². The topological polar surface area (TPSA) is 59.2 Å². The van der Waals surface area contributed by atoms with Crippen molar-refractivity contribution in [1.29, 1.82) is 0 Å². The molecule has 0 bridgehead atoms. The predicted octanol–water partition coefficient (Wildman–Crippen LogP) is 5.68. The smallest absolute Gasteiger partial charge is 0.265 e. The summed E-state index contributed by atoms with van der Waals surface area (Å²) in [6.45, 7) is 5.03. The number of hydrogen-bond donors (Lipinski definition) is 0. The Morgan fingerprint density at radius 3 is 2.76 bits per heavy atom. The van der Waals surface area contributed by atoms with Gasteiger partial charge >= 0.3 is 0 Å². The van der Waals surface area contributed by atoms with Gasteiger partial charge in [-0.2, -0.15) is 0 Å². The maximum atomic E-state index is 13.6. The van der Waals surface area contributed by atoms with E-state index < -0.39 is 0 Å². The second kappa shape index (κ2) is 7.39. The number of amides is 1. The largest absolute Gasteiger partial charge is 0.467 e. The Balaban J connectivity index is 1.52. The van der Waals surface area contributed by atoms with Crippen LogP contribution in [0.3, 0.4) is 0 Å². The van der Waals surface area contributed by atoms with Crippen molar-refractivity contribution >= 4 is 38.8 Å². The molecule has 1 fully saturated rings. The summed E-state index contributed by atoms with van der Waals surface area (Å²) in [5.74, 6) is 2.22. The van der Waals surface area contributed by atoms with E-state index >= 15 is 0 Å². The van der Waals surface area contributed by atoms with Crippen molar-refractivity contribution in [3.05, 3.63) is 68.5 Å². The summed E-state index contributed by atoms with van der Waals surface area (Å²) >= 11 is 3.15. The lowest BCUT2D eigenvalue weighted by molar-refractivity contribution is 0.0724. The zero-order chi connectivity index (χ0) is 20.0. The first-order valence-corrected chi connectivity index (χ1v) is 11.4. The fourth-order valence-corrected chi connectivity index (χ4v) is 5.54.